The van der Waals surface area contributed by atoms with E-state index in [2.05, 4.69) is 4.74 Å². The Kier molecular flexibility index (Phi) is 3.88. The quantitative estimate of drug-likeness (QED) is 0.609. The van der Waals surface area contributed by atoms with E-state index < -0.39 is 12.0 Å². The molecule has 80 valence electrons. The van der Waals surface area contributed by atoms with Crippen LogP contribution in [0, 0.1) is 0 Å². The van der Waals surface area contributed by atoms with Gasteiger partial charge >= 0.3 is 11.9 Å². The van der Waals surface area contributed by atoms with Gasteiger partial charge in [0.1, 0.15) is 6.04 Å². The predicted molar refractivity (Wildman–Crippen MR) is 48.1 cm³/mol. The molecular formula is C9H15NO4. The first kappa shape index (κ1) is 11.0. The molecule has 0 N–H and O–H groups in total. The predicted octanol–water partition coefficient (Wildman–Crippen LogP) is 0.492. The van der Waals surface area contributed by atoms with Crippen LogP contribution in [0.15, 0.2) is 0 Å². The lowest BCUT2D eigenvalue weighted by atomic mass is 10.0. The van der Waals surface area contributed by atoms with E-state index in [1.807, 2.05) is 0 Å². The van der Waals surface area contributed by atoms with Gasteiger partial charge in [0, 0.05) is 13.5 Å². The third-order valence-corrected chi connectivity index (χ3v) is 2.17. The Bertz CT molecular complexity index is 229. The molecular weight excluding hydrogens is 186 g/mol. The molecule has 0 aromatic heterocycles. The summed E-state index contributed by atoms with van der Waals surface area (Å²) in [4.78, 5) is 27.0. The van der Waals surface area contributed by atoms with Crippen molar-refractivity contribution in [2.45, 2.75) is 32.2 Å². The topological polar surface area (TPSA) is 55.8 Å². The molecule has 0 aromatic rings. The highest BCUT2D eigenvalue weighted by atomic mass is 16.7. The summed E-state index contributed by atoms with van der Waals surface area (Å²) in [7, 11) is 1.34. The Labute approximate surface area is 82.9 Å². The summed E-state index contributed by atoms with van der Waals surface area (Å²) in [5.74, 6) is -0.744. The molecule has 1 fully saturated rings. The molecule has 0 aromatic carbocycles. The van der Waals surface area contributed by atoms with Gasteiger partial charge in [0.2, 0.25) is 0 Å². The van der Waals surface area contributed by atoms with Gasteiger partial charge in [0.05, 0.1) is 7.11 Å². The fourth-order valence-corrected chi connectivity index (χ4v) is 1.55. The molecule has 0 aliphatic carbocycles. The van der Waals surface area contributed by atoms with Crippen LogP contribution in [-0.4, -0.2) is 36.7 Å². The van der Waals surface area contributed by atoms with Gasteiger partial charge in [0.25, 0.3) is 0 Å². The number of rotatable bonds is 2. The van der Waals surface area contributed by atoms with Crippen molar-refractivity contribution in [3.63, 3.8) is 0 Å². The van der Waals surface area contributed by atoms with Crippen LogP contribution in [0.3, 0.4) is 0 Å². The van der Waals surface area contributed by atoms with Crippen LogP contribution < -0.4 is 0 Å². The van der Waals surface area contributed by atoms with Gasteiger partial charge in [-0.3, -0.25) is 9.59 Å². The van der Waals surface area contributed by atoms with Crippen LogP contribution in [0.5, 0.6) is 0 Å². The van der Waals surface area contributed by atoms with E-state index in [-0.39, 0.29) is 5.97 Å². The minimum absolute atomic E-state index is 0.342. The normalized spacial score (nSPS) is 22.9. The van der Waals surface area contributed by atoms with Crippen LogP contribution in [0.2, 0.25) is 0 Å². The van der Waals surface area contributed by atoms with Gasteiger partial charge in [-0.05, 0) is 19.3 Å². The molecule has 1 rings (SSSR count). The summed E-state index contributed by atoms with van der Waals surface area (Å²) >= 11 is 0. The van der Waals surface area contributed by atoms with E-state index in [0.29, 0.717) is 13.0 Å². The summed E-state index contributed by atoms with van der Waals surface area (Å²) in [6.45, 7) is 1.92. The average Bonchev–Trinajstić information content (AvgIpc) is 2.16. The van der Waals surface area contributed by atoms with Gasteiger partial charge in [-0.2, -0.15) is 0 Å². The maximum Gasteiger partial charge on any atom is 0.326 e. The zero-order valence-corrected chi connectivity index (χ0v) is 8.49. The zero-order valence-electron chi connectivity index (χ0n) is 8.49. The molecule has 14 heavy (non-hydrogen) atoms. The van der Waals surface area contributed by atoms with Crippen LogP contribution in [-0.2, 0) is 19.2 Å². The maximum absolute atomic E-state index is 11.3. The van der Waals surface area contributed by atoms with Crippen LogP contribution in [0.4, 0.5) is 0 Å². The van der Waals surface area contributed by atoms with Crippen molar-refractivity contribution in [2.24, 2.45) is 0 Å². The minimum atomic E-state index is -0.433. The summed E-state index contributed by atoms with van der Waals surface area (Å²) in [5, 5.41) is 1.41. The number of carbonyl (C=O) groups excluding carboxylic acids is 2. The standard InChI is InChI=1S/C9H15NO4/c1-7(11)14-10-6-4-3-5-8(10)9(12)13-2/h8H,3-6H2,1-2H3/t8-/m0/s1. The monoisotopic (exact) mass is 201 g/mol. The second kappa shape index (κ2) is 4.95. The highest BCUT2D eigenvalue weighted by molar-refractivity contribution is 5.76. The maximum atomic E-state index is 11.3. The highest BCUT2D eigenvalue weighted by Crippen LogP contribution is 2.18. The van der Waals surface area contributed by atoms with Crippen molar-refractivity contribution < 1.29 is 19.2 Å². The first-order valence-corrected chi connectivity index (χ1v) is 4.68. The molecule has 0 radical (unpaired) electrons. The number of hydroxylamine groups is 2. The first-order chi connectivity index (χ1) is 6.65. The molecule has 1 aliphatic heterocycles. The molecule has 0 bridgehead atoms. The van der Waals surface area contributed by atoms with Gasteiger partial charge in [-0.15, -0.1) is 5.06 Å². The molecule has 1 aliphatic rings. The van der Waals surface area contributed by atoms with Crippen LogP contribution >= 0.6 is 0 Å². The number of hydrogen-bond acceptors (Lipinski definition) is 5. The largest absolute Gasteiger partial charge is 0.468 e. The fourth-order valence-electron chi connectivity index (χ4n) is 1.55. The number of hydrogen-bond donors (Lipinski definition) is 0. The Morgan fingerprint density at radius 2 is 2.07 bits per heavy atom. The van der Waals surface area contributed by atoms with Crippen LogP contribution in [0.25, 0.3) is 0 Å². The van der Waals surface area contributed by atoms with E-state index in [0.717, 1.165) is 12.8 Å². The van der Waals surface area contributed by atoms with E-state index in [1.54, 1.807) is 0 Å². The van der Waals surface area contributed by atoms with Crippen molar-refractivity contribution in [3.8, 4) is 0 Å². The summed E-state index contributed by atoms with van der Waals surface area (Å²) in [5.41, 5.74) is 0. The zero-order chi connectivity index (χ0) is 10.6. The van der Waals surface area contributed by atoms with E-state index in [4.69, 9.17) is 4.84 Å². The molecule has 0 amide bonds. The molecule has 0 unspecified atom stereocenters. The second-order valence-electron chi connectivity index (χ2n) is 3.26. The lowest BCUT2D eigenvalue weighted by Gasteiger charge is -2.31. The summed E-state index contributed by atoms with van der Waals surface area (Å²) in [6, 6.07) is -0.433. The second-order valence-corrected chi connectivity index (χ2v) is 3.26. The Morgan fingerprint density at radius 3 is 2.64 bits per heavy atom. The third-order valence-electron chi connectivity index (χ3n) is 2.17. The van der Waals surface area contributed by atoms with Crippen molar-refractivity contribution in [1.82, 2.24) is 5.06 Å². The Morgan fingerprint density at radius 1 is 1.36 bits per heavy atom. The number of methoxy groups -OCH3 is 1. The Hall–Kier alpha value is -1.10. The van der Waals surface area contributed by atoms with E-state index >= 15 is 0 Å². The van der Waals surface area contributed by atoms with Crippen LogP contribution in [0.1, 0.15) is 26.2 Å². The number of ether oxygens (including phenoxy) is 1. The molecule has 1 atom stereocenters. The molecule has 5 nitrogen and oxygen atoms in total. The number of nitrogens with zero attached hydrogens (tertiary/aromatic N) is 1. The minimum Gasteiger partial charge on any atom is -0.468 e. The van der Waals surface area contributed by atoms with Gasteiger partial charge in [-0.1, -0.05) is 0 Å². The lowest BCUT2D eigenvalue weighted by Crippen LogP contribution is -2.45. The van der Waals surface area contributed by atoms with Crippen molar-refractivity contribution >= 4 is 11.9 Å². The average molecular weight is 201 g/mol. The number of piperidine rings is 1. The molecule has 5 heteroatoms. The third kappa shape index (κ3) is 2.70. The smallest absolute Gasteiger partial charge is 0.326 e. The van der Waals surface area contributed by atoms with Crippen molar-refractivity contribution in [2.75, 3.05) is 13.7 Å². The van der Waals surface area contributed by atoms with E-state index in [1.165, 1.54) is 19.1 Å². The van der Waals surface area contributed by atoms with E-state index in [9.17, 15) is 9.59 Å². The summed E-state index contributed by atoms with van der Waals surface area (Å²) < 4.78 is 4.63. The van der Waals surface area contributed by atoms with Gasteiger partial charge in [0.15, 0.2) is 0 Å². The molecule has 0 spiro atoms. The van der Waals surface area contributed by atoms with Gasteiger partial charge < -0.3 is 9.57 Å². The summed E-state index contributed by atoms with van der Waals surface area (Å²) in [6.07, 6.45) is 2.57. The Balaban J connectivity index is 2.58. The SMILES string of the molecule is COC(=O)[C@@H]1CCCCN1OC(C)=O. The molecule has 1 heterocycles. The van der Waals surface area contributed by atoms with Crippen molar-refractivity contribution in [1.29, 1.82) is 0 Å². The highest BCUT2D eigenvalue weighted by Gasteiger charge is 2.31. The van der Waals surface area contributed by atoms with Gasteiger partial charge in [-0.25, -0.2) is 0 Å². The lowest BCUT2D eigenvalue weighted by molar-refractivity contribution is -0.211. The molecule has 0 saturated carbocycles. The number of esters is 1. The van der Waals surface area contributed by atoms with Crippen molar-refractivity contribution in [3.05, 3.63) is 0 Å². The first-order valence-electron chi connectivity index (χ1n) is 4.68. The molecule has 1 saturated heterocycles. The fraction of sp³-hybridized carbons (Fsp3) is 0.778. The number of carbonyl (C=O) groups is 2.